The van der Waals surface area contributed by atoms with Crippen LogP contribution in [0.5, 0.6) is 5.75 Å². The molecular weight excluding hydrogens is 429 g/mol. The number of sulfonamides is 1. The van der Waals surface area contributed by atoms with E-state index >= 15 is 0 Å². The van der Waals surface area contributed by atoms with Crippen molar-refractivity contribution in [3.05, 3.63) is 57.9 Å². The number of carbonyl (C=O) groups is 1. The Bertz CT molecular complexity index is 1120. The van der Waals surface area contributed by atoms with Gasteiger partial charge >= 0.3 is 0 Å². The number of ether oxygens (including phenoxy) is 1. The van der Waals surface area contributed by atoms with Crippen molar-refractivity contribution in [1.82, 2.24) is 4.31 Å². The molecule has 1 saturated heterocycles. The van der Waals surface area contributed by atoms with Crippen molar-refractivity contribution < 1.29 is 27.3 Å². The van der Waals surface area contributed by atoms with Crippen LogP contribution in [0.3, 0.4) is 0 Å². The van der Waals surface area contributed by atoms with Crippen molar-refractivity contribution in [3.8, 4) is 5.75 Å². The topological polar surface area (TPSA) is 119 Å². The van der Waals surface area contributed by atoms with Crippen molar-refractivity contribution in [2.75, 3.05) is 25.5 Å². The zero-order valence-electron chi connectivity index (χ0n) is 17.0. The van der Waals surface area contributed by atoms with Crippen LogP contribution in [-0.4, -0.2) is 43.8 Å². The molecule has 1 amide bonds. The summed E-state index contributed by atoms with van der Waals surface area (Å²) in [6.45, 7) is 1.62. The maximum Gasteiger partial charge on any atom is 0.274 e. The molecule has 1 fully saturated rings. The van der Waals surface area contributed by atoms with Crippen LogP contribution in [-0.2, 0) is 14.8 Å². The summed E-state index contributed by atoms with van der Waals surface area (Å²) in [5.74, 6) is -1.80. The Morgan fingerprint density at radius 2 is 2.06 bits per heavy atom. The van der Waals surface area contributed by atoms with Gasteiger partial charge < -0.3 is 10.1 Å². The molecule has 0 saturated carbocycles. The van der Waals surface area contributed by atoms with Gasteiger partial charge in [-0.1, -0.05) is 6.07 Å². The van der Waals surface area contributed by atoms with E-state index in [-0.39, 0.29) is 29.4 Å². The summed E-state index contributed by atoms with van der Waals surface area (Å²) in [6.07, 6.45) is 0.884. The molecule has 2 aromatic rings. The number of hydrogen-bond donors (Lipinski definition) is 1. The number of nitrogens with one attached hydrogen (secondary N) is 1. The van der Waals surface area contributed by atoms with Crippen LogP contribution in [0.1, 0.15) is 18.4 Å². The van der Waals surface area contributed by atoms with E-state index < -0.39 is 32.6 Å². The first-order valence-electron chi connectivity index (χ1n) is 9.53. The van der Waals surface area contributed by atoms with E-state index in [4.69, 9.17) is 4.74 Å². The van der Waals surface area contributed by atoms with Gasteiger partial charge in [0.25, 0.3) is 5.69 Å². The molecule has 1 heterocycles. The van der Waals surface area contributed by atoms with Gasteiger partial charge in [0.05, 0.1) is 29.2 Å². The lowest BCUT2D eigenvalue weighted by atomic mass is 9.98. The van der Waals surface area contributed by atoms with Crippen molar-refractivity contribution in [1.29, 1.82) is 0 Å². The molecule has 1 aliphatic heterocycles. The molecule has 2 aromatic carbocycles. The lowest BCUT2D eigenvalue weighted by Gasteiger charge is -2.31. The highest BCUT2D eigenvalue weighted by atomic mass is 32.2. The third-order valence-electron chi connectivity index (χ3n) is 5.26. The summed E-state index contributed by atoms with van der Waals surface area (Å²) >= 11 is 0. The number of hydrogen-bond acceptors (Lipinski definition) is 6. The third kappa shape index (κ3) is 4.67. The predicted molar refractivity (Wildman–Crippen MR) is 111 cm³/mol. The molecule has 0 spiro atoms. The molecule has 3 rings (SSSR count). The van der Waals surface area contributed by atoms with Gasteiger partial charge in [0.15, 0.2) is 0 Å². The first kappa shape index (κ1) is 22.6. The lowest BCUT2D eigenvalue weighted by Crippen LogP contribution is -2.43. The summed E-state index contributed by atoms with van der Waals surface area (Å²) in [5.41, 5.74) is 0.487. The summed E-state index contributed by atoms with van der Waals surface area (Å²) in [7, 11) is -2.80. The van der Waals surface area contributed by atoms with Crippen LogP contribution in [0.2, 0.25) is 0 Å². The molecule has 0 aliphatic carbocycles. The van der Waals surface area contributed by atoms with E-state index in [1.54, 1.807) is 6.07 Å². The molecule has 11 heteroatoms. The fourth-order valence-corrected chi connectivity index (χ4v) is 5.25. The Labute approximate surface area is 179 Å². The van der Waals surface area contributed by atoms with E-state index in [1.807, 2.05) is 0 Å². The molecule has 0 unspecified atom stereocenters. The molecule has 0 aromatic heterocycles. The predicted octanol–water partition coefficient (Wildman–Crippen LogP) is 3.09. The number of halogens is 1. The van der Waals surface area contributed by atoms with Crippen LogP contribution in [0.15, 0.2) is 41.3 Å². The average molecular weight is 451 g/mol. The Morgan fingerprint density at radius 3 is 2.74 bits per heavy atom. The standard InChI is InChI=1S/C20H22FN3O6S/c1-13-16(6-3-7-17(13)24(26)27)22-20(25)14-5-4-10-23(12-14)31(28,29)19-11-15(21)8-9-18(19)30-2/h3,6-9,11,14H,4-5,10,12H2,1-2H3,(H,22,25)/t14-/m1/s1. The fourth-order valence-electron chi connectivity index (χ4n) is 3.56. The molecular formula is C20H22FN3O6S. The number of nitrogens with zero attached hydrogens (tertiary/aromatic N) is 2. The number of benzene rings is 2. The summed E-state index contributed by atoms with van der Waals surface area (Å²) in [4.78, 5) is 23.1. The number of methoxy groups -OCH3 is 1. The number of rotatable bonds is 6. The average Bonchev–Trinajstić information content (AvgIpc) is 2.75. The van der Waals surface area contributed by atoms with Crippen molar-refractivity contribution >= 4 is 27.3 Å². The zero-order chi connectivity index (χ0) is 22.8. The fraction of sp³-hybridized carbons (Fsp3) is 0.350. The smallest absolute Gasteiger partial charge is 0.274 e. The third-order valence-corrected chi connectivity index (χ3v) is 7.14. The second kappa shape index (κ2) is 8.98. The number of carbonyl (C=O) groups excluding carboxylic acids is 1. The highest BCUT2D eigenvalue weighted by molar-refractivity contribution is 7.89. The largest absolute Gasteiger partial charge is 0.495 e. The summed E-state index contributed by atoms with van der Waals surface area (Å²) in [6, 6.07) is 7.59. The highest BCUT2D eigenvalue weighted by Crippen LogP contribution is 2.31. The van der Waals surface area contributed by atoms with Gasteiger partial charge in [0, 0.05) is 19.2 Å². The number of nitro benzene ring substituents is 1. The molecule has 1 atom stereocenters. The van der Waals surface area contributed by atoms with Gasteiger partial charge in [-0.2, -0.15) is 4.31 Å². The minimum absolute atomic E-state index is 0.0141. The second-order valence-electron chi connectivity index (χ2n) is 7.19. The summed E-state index contributed by atoms with van der Waals surface area (Å²) < 4.78 is 46.1. The Morgan fingerprint density at radius 1 is 1.32 bits per heavy atom. The van der Waals surface area contributed by atoms with Crippen LogP contribution in [0.4, 0.5) is 15.8 Å². The number of nitro groups is 1. The van der Waals surface area contributed by atoms with E-state index in [9.17, 15) is 27.7 Å². The molecule has 166 valence electrons. The monoisotopic (exact) mass is 451 g/mol. The maximum absolute atomic E-state index is 13.7. The summed E-state index contributed by atoms with van der Waals surface area (Å²) in [5, 5.41) is 13.8. The minimum Gasteiger partial charge on any atom is -0.495 e. The highest BCUT2D eigenvalue weighted by Gasteiger charge is 2.35. The minimum atomic E-state index is -4.09. The number of amides is 1. The van der Waals surface area contributed by atoms with E-state index in [0.29, 0.717) is 24.1 Å². The normalized spacial score (nSPS) is 17.2. The molecule has 0 radical (unpaired) electrons. The van der Waals surface area contributed by atoms with Gasteiger partial charge in [0.1, 0.15) is 16.5 Å². The quantitative estimate of drug-likeness (QED) is 0.533. The van der Waals surface area contributed by atoms with E-state index in [1.165, 1.54) is 32.2 Å². The van der Waals surface area contributed by atoms with Crippen LogP contribution in [0, 0.1) is 28.8 Å². The van der Waals surface area contributed by atoms with Gasteiger partial charge in [-0.25, -0.2) is 12.8 Å². The SMILES string of the molecule is COc1ccc(F)cc1S(=O)(=O)N1CCC[C@@H](C(=O)Nc2cccc([N+](=O)[O-])c2C)C1. The van der Waals surface area contributed by atoms with Crippen LogP contribution >= 0.6 is 0 Å². The molecule has 1 aliphatic rings. The molecule has 9 nitrogen and oxygen atoms in total. The van der Waals surface area contributed by atoms with Gasteiger partial charge in [-0.05, 0) is 44.0 Å². The van der Waals surface area contributed by atoms with Crippen molar-refractivity contribution in [3.63, 3.8) is 0 Å². The van der Waals surface area contributed by atoms with Gasteiger partial charge in [-0.3, -0.25) is 14.9 Å². The lowest BCUT2D eigenvalue weighted by molar-refractivity contribution is -0.385. The first-order valence-corrected chi connectivity index (χ1v) is 11.0. The van der Waals surface area contributed by atoms with Crippen LogP contribution < -0.4 is 10.1 Å². The first-order chi connectivity index (χ1) is 14.6. The second-order valence-corrected chi connectivity index (χ2v) is 9.10. The molecule has 0 bridgehead atoms. The van der Waals surface area contributed by atoms with Gasteiger partial charge in [-0.15, -0.1) is 0 Å². The van der Waals surface area contributed by atoms with E-state index in [0.717, 1.165) is 16.4 Å². The molecule has 1 N–H and O–H groups in total. The Kier molecular flexibility index (Phi) is 6.56. The van der Waals surface area contributed by atoms with Crippen molar-refractivity contribution in [2.45, 2.75) is 24.7 Å². The van der Waals surface area contributed by atoms with Gasteiger partial charge in [0.2, 0.25) is 15.9 Å². The van der Waals surface area contributed by atoms with E-state index in [2.05, 4.69) is 5.32 Å². The zero-order valence-corrected chi connectivity index (χ0v) is 17.8. The van der Waals surface area contributed by atoms with Crippen molar-refractivity contribution in [2.24, 2.45) is 5.92 Å². The Balaban J connectivity index is 1.81. The Hall–Kier alpha value is -3.05. The molecule has 31 heavy (non-hydrogen) atoms. The van der Waals surface area contributed by atoms with Crippen LogP contribution in [0.25, 0.3) is 0 Å². The maximum atomic E-state index is 13.7. The number of piperidine rings is 1. The number of anilines is 1.